The summed E-state index contributed by atoms with van der Waals surface area (Å²) < 4.78 is 29.0. The Morgan fingerprint density at radius 3 is 2.29 bits per heavy atom. The van der Waals surface area contributed by atoms with Crippen LogP contribution < -0.4 is 4.74 Å². The summed E-state index contributed by atoms with van der Waals surface area (Å²) in [6.07, 6.45) is 0.420. The summed E-state index contributed by atoms with van der Waals surface area (Å²) >= 11 is 6.12. The largest absolute Gasteiger partial charge is 0.488 e. The number of Topliss-reactive ketones (excluding diaryl/α,β-unsaturated/α-hetero) is 2. The molecule has 0 N–H and O–H groups in total. The maximum absolute atomic E-state index is 12.0. The third-order valence-electron chi connectivity index (χ3n) is 2.52. The van der Waals surface area contributed by atoms with Crippen molar-refractivity contribution in [2.24, 2.45) is 0 Å². The topological polar surface area (TPSA) is 77.5 Å². The predicted octanol–water partition coefficient (Wildman–Crippen LogP) is 2.69. The summed E-state index contributed by atoms with van der Waals surface area (Å²) in [4.78, 5) is 22.9. The van der Waals surface area contributed by atoms with E-state index in [4.69, 9.17) is 16.3 Å². The van der Waals surface area contributed by atoms with Crippen LogP contribution in [0.2, 0.25) is 5.02 Å². The summed E-state index contributed by atoms with van der Waals surface area (Å²) in [7, 11) is -3.55. The number of carbonyl (C=O) groups excluding carboxylic acids is 2. The van der Waals surface area contributed by atoms with Crippen molar-refractivity contribution in [3.63, 3.8) is 0 Å². The van der Waals surface area contributed by atoms with Gasteiger partial charge >= 0.3 is 0 Å². The molecule has 0 aliphatic heterocycles. The average Bonchev–Trinajstić information content (AvgIpc) is 2.28. The first-order valence-corrected chi connectivity index (χ1v) is 8.52. The lowest BCUT2D eigenvalue weighted by molar-refractivity contribution is -0.116. The molecule has 7 heteroatoms. The fourth-order valence-corrected chi connectivity index (χ4v) is 2.89. The van der Waals surface area contributed by atoms with Crippen molar-refractivity contribution in [1.82, 2.24) is 0 Å². The van der Waals surface area contributed by atoms with Gasteiger partial charge in [0.05, 0.1) is 17.5 Å². The fourth-order valence-electron chi connectivity index (χ4n) is 1.71. The molecule has 0 spiro atoms. The van der Waals surface area contributed by atoms with Crippen molar-refractivity contribution >= 4 is 33.0 Å². The highest BCUT2D eigenvalue weighted by atomic mass is 35.5. The summed E-state index contributed by atoms with van der Waals surface area (Å²) in [6, 6.07) is 2.57. The summed E-state index contributed by atoms with van der Waals surface area (Å²) in [5.74, 6) is -0.820. The maximum Gasteiger partial charge on any atom is 0.179 e. The molecular weight excluding hydrogens is 316 g/mol. The highest BCUT2D eigenvalue weighted by Gasteiger charge is 2.24. The molecule has 0 saturated carbocycles. The van der Waals surface area contributed by atoms with Crippen molar-refractivity contribution in [3.8, 4) is 5.75 Å². The lowest BCUT2D eigenvalue weighted by atomic mass is 10.1. The Morgan fingerprint density at radius 2 is 1.86 bits per heavy atom. The summed E-state index contributed by atoms with van der Waals surface area (Å²) in [5, 5.41) is -0.0853. The van der Waals surface area contributed by atoms with Crippen LogP contribution in [-0.4, -0.2) is 32.3 Å². The van der Waals surface area contributed by atoms with Gasteiger partial charge in [-0.25, -0.2) is 8.42 Å². The van der Waals surface area contributed by atoms with Crippen LogP contribution in [0, 0.1) is 0 Å². The van der Waals surface area contributed by atoms with Gasteiger partial charge in [0, 0.05) is 11.8 Å². The Balaban J connectivity index is 3.47. The van der Waals surface area contributed by atoms with Crippen molar-refractivity contribution in [2.75, 3.05) is 6.26 Å². The van der Waals surface area contributed by atoms with Gasteiger partial charge in [-0.05, 0) is 32.9 Å². The first-order chi connectivity index (χ1) is 9.54. The molecule has 1 rings (SSSR count). The van der Waals surface area contributed by atoms with E-state index >= 15 is 0 Å². The SMILES string of the molecule is CC(=O)CC(=O)c1ccc(S(C)(=O)=O)c(OC(C)C)c1Cl. The van der Waals surface area contributed by atoms with Gasteiger partial charge in [0.15, 0.2) is 21.4 Å². The Morgan fingerprint density at radius 1 is 1.29 bits per heavy atom. The molecule has 0 amide bonds. The minimum atomic E-state index is -3.55. The van der Waals surface area contributed by atoms with Crippen LogP contribution >= 0.6 is 11.6 Å². The number of halogens is 1. The molecule has 0 fully saturated rings. The van der Waals surface area contributed by atoms with Crippen molar-refractivity contribution in [1.29, 1.82) is 0 Å². The maximum atomic E-state index is 12.0. The number of carbonyl (C=O) groups is 2. The van der Waals surface area contributed by atoms with E-state index in [1.165, 1.54) is 19.1 Å². The first-order valence-electron chi connectivity index (χ1n) is 6.26. The van der Waals surface area contributed by atoms with Gasteiger partial charge in [-0.2, -0.15) is 0 Å². The van der Waals surface area contributed by atoms with Crippen LogP contribution in [0.1, 0.15) is 37.6 Å². The summed E-state index contributed by atoms with van der Waals surface area (Å²) in [5.41, 5.74) is 0.0786. The van der Waals surface area contributed by atoms with Crippen LogP contribution in [0.3, 0.4) is 0 Å². The monoisotopic (exact) mass is 332 g/mol. The standard InChI is InChI=1S/C14H17ClO5S/c1-8(2)20-14-12(21(4,18)19)6-5-10(13(14)15)11(17)7-9(3)16/h5-6,8H,7H2,1-4H3. The number of benzene rings is 1. The molecule has 0 aromatic heterocycles. The Labute approximate surface area is 129 Å². The highest BCUT2D eigenvalue weighted by Crippen LogP contribution is 2.36. The van der Waals surface area contributed by atoms with Gasteiger partial charge in [0.1, 0.15) is 10.7 Å². The van der Waals surface area contributed by atoms with E-state index in [1.807, 2.05) is 0 Å². The first kappa shape index (κ1) is 17.7. The Kier molecular flexibility index (Phi) is 5.53. The number of ether oxygens (including phenoxy) is 1. The Bertz CT molecular complexity index is 677. The minimum absolute atomic E-state index is 0.0523. The van der Waals surface area contributed by atoms with Crippen molar-refractivity contribution in [2.45, 2.75) is 38.2 Å². The minimum Gasteiger partial charge on any atom is -0.488 e. The molecule has 1 aromatic carbocycles. The van der Waals surface area contributed by atoms with Gasteiger partial charge in [0.25, 0.3) is 0 Å². The van der Waals surface area contributed by atoms with E-state index in [1.54, 1.807) is 13.8 Å². The van der Waals surface area contributed by atoms with Gasteiger partial charge in [-0.15, -0.1) is 0 Å². The lowest BCUT2D eigenvalue weighted by Crippen LogP contribution is -2.13. The molecule has 0 aliphatic carbocycles. The van der Waals surface area contributed by atoms with E-state index in [0.29, 0.717) is 0 Å². The normalized spacial score (nSPS) is 11.5. The summed E-state index contributed by atoms with van der Waals surface area (Å²) in [6.45, 7) is 4.72. The number of hydrogen-bond acceptors (Lipinski definition) is 5. The second-order valence-electron chi connectivity index (χ2n) is 5.00. The zero-order chi connectivity index (χ0) is 16.4. The van der Waals surface area contributed by atoms with Crippen molar-refractivity contribution in [3.05, 3.63) is 22.7 Å². The van der Waals surface area contributed by atoms with E-state index in [0.717, 1.165) is 6.26 Å². The molecule has 0 atom stereocenters. The zero-order valence-corrected chi connectivity index (χ0v) is 13.8. The van der Waals surface area contributed by atoms with Gasteiger partial charge in [0.2, 0.25) is 0 Å². The van der Waals surface area contributed by atoms with E-state index in [9.17, 15) is 18.0 Å². The Hall–Kier alpha value is -1.40. The van der Waals surface area contributed by atoms with Gasteiger partial charge in [-0.3, -0.25) is 9.59 Å². The lowest BCUT2D eigenvalue weighted by Gasteiger charge is -2.16. The molecule has 0 bridgehead atoms. The van der Waals surface area contributed by atoms with Crippen LogP contribution in [-0.2, 0) is 14.6 Å². The molecule has 0 saturated heterocycles. The molecule has 0 unspecified atom stereocenters. The number of sulfone groups is 1. The number of ketones is 2. The zero-order valence-electron chi connectivity index (χ0n) is 12.3. The molecule has 0 aliphatic rings. The molecular formula is C14H17ClO5S. The number of hydrogen-bond donors (Lipinski definition) is 0. The van der Waals surface area contributed by atoms with E-state index in [2.05, 4.69) is 0 Å². The van der Waals surface area contributed by atoms with Crippen molar-refractivity contribution < 1.29 is 22.7 Å². The molecule has 0 heterocycles. The predicted molar refractivity (Wildman–Crippen MR) is 80.0 cm³/mol. The highest BCUT2D eigenvalue weighted by molar-refractivity contribution is 7.90. The molecule has 116 valence electrons. The van der Waals surface area contributed by atoms with E-state index < -0.39 is 15.6 Å². The second kappa shape index (κ2) is 6.58. The molecule has 5 nitrogen and oxygen atoms in total. The van der Waals surface area contributed by atoms with Crippen LogP contribution in [0.25, 0.3) is 0 Å². The van der Waals surface area contributed by atoms with Gasteiger partial charge in [-0.1, -0.05) is 11.6 Å². The third-order valence-corrected chi connectivity index (χ3v) is 4.02. The molecule has 0 radical (unpaired) electrons. The average molecular weight is 333 g/mol. The van der Waals surface area contributed by atoms with Crippen LogP contribution in [0.5, 0.6) is 5.75 Å². The smallest absolute Gasteiger partial charge is 0.179 e. The molecule has 21 heavy (non-hydrogen) atoms. The van der Waals surface area contributed by atoms with Crippen LogP contribution in [0.15, 0.2) is 17.0 Å². The van der Waals surface area contributed by atoms with Crippen LogP contribution in [0.4, 0.5) is 0 Å². The quantitative estimate of drug-likeness (QED) is 0.591. The second-order valence-corrected chi connectivity index (χ2v) is 7.36. The molecule has 1 aromatic rings. The number of rotatable bonds is 6. The van der Waals surface area contributed by atoms with E-state index in [-0.39, 0.29) is 39.5 Å². The third kappa shape index (κ3) is 4.54. The van der Waals surface area contributed by atoms with Gasteiger partial charge < -0.3 is 4.74 Å². The fraction of sp³-hybridized carbons (Fsp3) is 0.429.